The second kappa shape index (κ2) is 7.91. The van der Waals surface area contributed by atoms with Crippen LogP contribution in [0.4, 0.5) is 5.69 Å². The molecule has 1 aliphatic rings. The van der Waals surface area contributed by atoms with E-state index >= 15 is 0 Å². The fourth-order valence-electron chi connectivity index (χ4n) is 3.63. The predicted molar refractivity (Wildman–Crippen MR) is 111 cm³/mol. The van der Waals surface area contributed by atoms with Gasteiger partial charge in [0, 0.05) is 17.7 Å². The van der Waals surface area contributed by atoms with Crippen LogP contribution < -0.4 is 0 Å². The first kappa shape index (κ1) is 20.1. The third-order valence-electron chi connectivity index (χ3n) is 5.17. The van der Waals surface area contributed by atoms with Crippen molar-refractivity contribution >= 4 is 23.1 Å². The fraction of sp³-hybridized carbons (Fsp3) is 0.130. The van der Waals surface area contributed by atoms with Crippen molar-refractivity contribution in [3.63, 3.8) is 0 Å². The summed E-state index contributed by atoms with van der Waals surface area (Å²) in [7, 11) is 0. The van der Waals surface area contributed by atoms with Gasteiger partial charge in [-0.2, -0.15) is 0 Å². The minimum absolute atomic E-state index is 0.0296. The number of amides is 1. The number of likely N-dealkylation sites (tertiary alicyclic amines) is 1. The Morgan fingerprint density at radius 2 is 1.87 bits per heavy atom. The zero-order chi connectivity index (χ0) is 22.1. The van der Waals surface area contributed by atoms with E-state index in [1.165, 1.54) is 35.4 Å². The maximum Gasteiger partial charge on any atom is 0.296 e. The number of non-ortho nitro benzene ring substituents is 1. The second-order valence-electron chi connectivity index (χ2n) is 7.22. The van der Waals surface area contributed by atoms with Crippen molar-refractivity contribution in [2.75, 3.05) is 0 Å². The third-order valence-corrected chi connectivity index (χ3v) is 5.17. The van der Waals surface area contributed by atoms with Crippen LogP contribution in [0.3, 0.4) is 0 Å². The first-order valence-corrected chi connectivity index (χ1v) is 9.49. The van der Waals surface area contributed by atoms with Gasteiger partial charge in [0.25, 0.3) is 17.4 Å². The van der Waals surface area contributed by atoms with E-state index in [4.69, 9.17) is 4.42 Å². The average molecular weight is 418 g/mol. The number of hydrogen-bond acceptors (Lipinski definition) is 6. The van der Waals surface area contributed by atoms with Gasteiger partial charge in [-0.3, -0.25) is 19.7 Å². The summed E-state index contributed by atoms with van der Waals surface area (Å²) in [5.74, 6) is -1.63. The van der Waals surface area contributed by atoms with E-state index in [1.54, 1.807) is 24.3 Å². The van der Waals surface area contributed by atoms with E-state index in [2.05, 4.69) is 0 Å². The van der Waals surface area contributed by atoms with Gasteiger partial charge >= 0.3 is 0 Å². The van der Waals surface area contributed by atoms with Gasteiger partial charge in [0.1, 0.15) is 11.5 Å². The summed E-state index contributed by atoms with van der Waals surface area (Å²) in [6.45, 7) is 1.94. The summed E-state index contributed by atoms with van der Waals surface area (Å²) in [5, 5.41) is 22.1. The lowest BCUT2D eigenvalue weighted by atomic mass is 9.94. The molecule has 0 bridgehead atoms. The molecule has 2 aromatic carbocycles. The van der Waals surface area contributed by atoms with Crippen LogP contribution in [-0.4, -0.2) is 26.6 Å². The zero-order valence-electron chi connectivity index (χ0n) is 16.5. The molecular weight excluding hydrogens is 400 g/mol. The number of ketones is 1. The van der Waals surface area contributed by atoms with Crippen LogP contribution in [0, 0.1) is 17.0 Å². The molecule has 8 nitrogen and oxygen atoms in total. The van der Waals surface area contributed by atoms with Crippen LogP contribution in [0.15, 0.2) is 76.9 Å². The third kappa shape index (κ3) is 3.71. The highest BCUT2D eigenvalue weighted by molar-refractivity contribution is 6.46. The number of benzene rings is 2. The largest absolute Gasteiger partial charge is 0.507 e. The maximum absolute atomic E-state index is 13.0. The molecule has 156 valence electrons. The van der Waals surface area contributed by atoms with Gasteiger partial charge in [-0.1, -0.05) is 42.0 Å². The Bertz CT molecular complexity index is 1200. The number of Topliss-reactive ketones (excluding diaryl/α,β-unsaturated/α-hetero) is 1. The fourth-order valence-corrected chi connectivity index (χ4v) is 3.63. The van der Waals surface area contributed by atoms with Crippen molar-refractivity contribution in [2.45, 2.75) is 19.5 Å². The van der Waals surface area contributed by atoms with Crippen molar-refractivity contribution in [3.05, 3.63) is 105 Å². The summed E-state index contributed by atoms with van der Waals surface area (Å²) in [6, 6.07) is 15.0. The number of hydrogen-bond donors (Lipinski definition) is 1. The number of rotatable bonds is 5. The number of aliphatic hydroxyl groups excluding tert-OH is 1. The highest BCUT2D eigenvalue weighted by Gasteiger charge is 2.46. The number of furan rings is 1. The number of nitro groups is 1. The van der Waals surface area contributed by atoms with Gasteiger partial charge in [0.05, 0.1) is 29.3 Å². The van der Waals surface area contributed by atoms with Gasteiger partial charge in [-0.05, 0) is 24.6 Å². The smallest absolute Gasteiger partial charge is 0.296 e. The quantitative estimate of drug-likeness (QED) is 0.219. The Morgan fingerprint density at radius 1 is 1.13 bits per heavy atom. The van der Waals surface area contributed by atoms with E-state index in [-0.39, 0.29) is 23.4 Å². The SMILES string of the molecule is Cc1ccc([C@H]2/C(=C(\O)c3cccc([N+](=O)[O-])c3)C(=O)C(=O)N2Cc2ccco2)cc1. The van der Waals surface area contributed by atoms with E-state index in [9.17, 15) is 24.8 Å². The van der Waals surface area contributed by atoms with Gasteiger partial charge in [-0.25, -0.2) is 0 Å². The number of nitrogens with zero attached hydrogens (tertiary/aromatic N) is 2. The number of carbonyl (C=O) groups is 2. The lowest BCUT2D eigenvalue weighted by Crippen LogP contribution is -2.29. The Labute approximate surface area is 177 Å². The lowest BCUT2D eigenvalue weighted by molar-refractivity contribution is -0.384. The van der Waals surface area contributed by atoms with Crippen molar-refractivity contribution in [1.29, 1.82) is 0 Å². The van der Waals surface area contributed by atoms with Crippen LogP contribution >= 0.6 is 0 Å². The van der Waals surface area contributed by atoms with Gasteiger partial charge in [0.15, 0.2) is 0 Å². The molecule has 3 aromatic rings. The Morgan fingerprint density at radius 3 is 2.52 bits per heavy atom. The molecule has 1 amide bonds. The molecule has 1 atom stereocenters. The standard InChI is InChI=1S/C23H18N2O6/c1-14-7-9-15(10-8-14)20-19(21(26)16-4-2-5-17(12-16)25(29)30)22(27)23(28)24(20)13-18-6-3-11-31-18/h2-12,20,26H,13H2,1H3/b21-19+/t20-/m0/s1. The topological polar surface area (TPSA) is 114 Å². The van der Waals surface area contributed by atoms with Crippen LogP contribution in [0.1, 0.15) is 28.5 Å². The van der Waals surface area contributed by atoms with Gasteiger partial charge in [0.2, 0.25) is 0 Å². The normalized spacial score (nSPS) is 17.8. The van der Waals surface area contributed by atoms with E-state index in [0.717, 1.165) is 5.56 Å². The summed E-state index contributed by atoms with van der Waals surface area (Å²) in [4.78, 5) is 37.7. The molecule has 0 unspecified atom stereocenters. The van der Waals surface area contributed by atoms with Crippen LogP contribution in [0.25, 0.3) is 5.76 Å². The van der Waals surface area contributed by atoms with Crippen molar-refractivity contribution < 1.29 is 24.0 Å². The second-order valence-corrected chi connectivity index (χ2v) is 7.22. The number of aliphatic hydroxyl groups is 1. The van der Waals surface area contributed by atoms with E-state index < -0.39 is 28.4 Å². The van der Waals surface area contributed by atoms with Crippen LogP contribution in [0.2, 0.25) is 0 Å². The van der Waals surface area contributed by atoms with Crippen molar-refractivity contribution in [3.8, 4) is 0 Å². The average Bonchev–Trinajstić information content (AvgIpc) is 3.36. The molecule has 2 heterocycles. The minimum Gasteiger partial charge on any atom is -0.507 e. The van der Waals surface area contributed by atoms with Gasteiger partial charge < -0.3 is 14.4 Å². The van der Waals surface area contributed by atoms with E-state index in [0.29, 0.717) is 11.3 Å². The molecule has 1 aromatic heterocycles. The highest BCUT2D eigenvalue weighted by atomic mass is 16.6. The van der Waals surface area contributed by atoms with Crippen LogP contribution in [0.5, 0.6) is 0 Å². The monoisotopic (exact) mass is 418 g/mol. The Hall–Kier alpha value is -4.20. The molecule has 1 aliphatic heterocycles. The minimum atomic E-state index is -0.870. The van der Waals surface area contributed by atoms with Crippen molar-refractivity contribution in [2.24, 2.45) is 0 Å². The number of nitro benzene ring substituents is 1. The van der Waals surface area contributed by atoms with Crippen molar-refractivity contribution in [1.82, 2.24) is 4.90 Å². The van der Waals surface area contributed by atoms with Gasteiger partial charge in [-0.15, -0.1) is 0 Å². The summed E-state index contributed by atoms with van der Waals surface area (Å²) >= 11 is 0. The maximum atomic E-state index is 13.0. The zero-order valence-corrected chi connectivity index (χ0v) is 16.5. The molecule has 4 rings (SSSR count). The summed E-state index contributed by atoms with van der Waals surface area (Å²) in [5.41, 5.74) is 1.35. The molecule has 0 radical (unpaired) electrons. The molecule has 1 fully saturated rings. The Balaban J connectivity index is 1.87. The highest BCUT2D eigenvalue weighted by Crippen LogP contribution is 2.40. The molecule has 1 N–H and O–H groups in total. The molecule has 0 saturated carbocycles. The molecular formula is C23H18N2O6. The summed E-state index contributed by atoms with van der Waals surface area (Å²) in [6.07, 6.45) is 1.47. The molecule has 31 heavy (non-hydrogen) atoms. The molecule has 8 heteroatoms. The molecule has 1 saturated heterocycles. The predicted octanol–water partition coefficient (Wildman–Crippen LogP) is 4.12. The first-order chi connectivity index (χ1) is 14.9. The van der Waals surface area contributed by atoms with Crippen LogP contribution in [-0.2, 0) is 16.1 Å². The Kier molecular flexibility index (Phi) is 5.12. The molecule has 0 spiro atoms. The van der Waals surface area contributed by atoms with E-state index in [1.807, 2.05) is 19.1 Å². The number of carbonyl (C=O) groups excluding carboxylic acids is 2. The summed E-state index contributed by atoms with van der Waals surface area (Å²) < 4.78 is 5.35. The number of aryl methyl sites for hydroxylation is 1. The first-order valence-electron chi connectivity index (χ1n) is 9.49. The lowest BCUT2D eigenvalue weighted by Gasteiger charge is -2.24. The molecule has 0 aliphatic carbocycles.